The molecule has 0 radical (unpaired) electrons. The zero-order valence-corrected chi connectivity index (χ0v) is 11.4. The lowest BCUT2D eigenvalue weighted by Crippen LogP contribution is -2.34. The molecule has 1 unspecified atom stereocenters. The van der Waals surface area contributed by atoms with Gasteiger partial charge in [-0.05, 0) is 17.7 Å². The van der Waals surface area contributed by atoms with Crippen molar-refractivity contribution >= 4 is 17.5 Å². The first-order valence-corrected chi connectivity index (χ1v) is 6.74. The quantitative estimate of drug-likeness (QED) is 0.944. The van der Waals surface area contributed by atoms with Crippen molar-refractivity contribution in [2.24, 2.45) is 0 Å². The summed E-state index contributed by atoms with van der Waals surface area (Å²) in [5.41, 5.74) is 1.60. The summed E-state index contributed by atoms with van der Waals surface area (Å²) in [6, 6.07) is 9.51. The smallest absolute Gasteiger partial charge is 0.253 e. The minimum Gasteiger partial charge on any atom is -0.488 e. The van der Waals surface area contributed by atoms with Gasteiger partial charge < -0.3 is 10.1 Å². The first kappa shape index (κ1) is 12.9. The van der Waals surface area contributed by atoms with E-state index in [0.29, 0.717) is 17.1 Å². The lowest BCUT2D eigenvalue weighted by atomic mass is 10.1. The van der Waals surface area contributed by atoms with Crippen molar-refractivity contribution in [2.45, 2.75) is 12.5 Å². The number of rotatable bonds is 3. The molecule has 4 nitrogen and oxygen atoms in total. The SMILES string of the molecule is O=C(NCC1Cc2ccccc2O1)c1ccncc1Cl. The molecule has 0 spiro atoms. The number of halogens is 1. The summed E-state index contributed by atoms with van der Waals surface area (Å²) in [5.74, 6) is 0.686. The van der Waals surface area contributed by atoms with Gasteiger partial charge in [0.2, 0.25) is 0 Å². The second-order valence-corrected chi connectivity index (χ2v) is 5.02. The van der Waals surface area contributed by atoms with Crippen molar-refractivity contribution in [3.05, 3.63) is 58.9 Å². The molecule has 0 fully saturated rings. The van der Waals surface area contributed by atoms with Gasteiger partial charge in [-0.1, -0.05) is 29.8 Å². The number of hydrogen-bond acceptors (Lipinski definition) is 3. The number of pyridine rings is 1. The van der Waals surface area contributed by atoms with Crippen molar-refractivity contribution in [3.63, 3.8) is 0 Å². The van der Waals surface area contributed by atoms with E-state index in [1.807, 2.05) is 24.3 Å². The fourth-order valence-electron chi connectivity index (χ4n) is 2.23. The summed E-state index contributed by atoms with van der Waals surface area (Å²) in [5, 5.41) is 3.19. The Labute approximate surface area is 121 Å². The molecule has 1 aromatic carbocycles. The molecule has 1 atom stereocenters. The molecule has 3 rings (SSSR count). The first-order valence-electron chi connectivity index (χ1n) is 6.36. The van der Waals surface area contributed by atoms with Crippen LogP contribution in [-0.4, -0.2) is 23.5 Å². The fraction of sp³-hybridized carbons (Fsp3) is 0.200. The molecule has 2 aromatic rings. The number of fused-ring (bicyclic) bond motifs is 1. The van der Waals surface area contributed by atoms with E-state index in [1.165, 1.54) is 11.8 Å². The number of carbonyl (C=O) groups is 1. The van der Waals surface area contributed by atoms with Gasteiger partial charge in [-0.15, -0.1) is 0 Å². The van der Waals surface area contributed by atoms with Crippen LogP contribution in [0.25, 0.3) is 0 Å². The third-order valence-electron chi connectivity index (χ3n) is 3.22. The maximum Gasteiger partial charge on any atom is 0.253 e. The van der Waals surface area contributed by atoms with E-state index in [2.05, 4.69) is 10.3 Å². The molecule has 0 aliphatic carbocycles. The van der Waals surface area contributed by atoms with Crippen LogP contribution in [0.1, 0.15) is 15.9 Å². The number of ether oxygens (including phenoxy) is 1. The van der Waals surface area contributed by atoms with Crippen LogP contribution in [0, 0.1) is 0 Å². The predicted molar refractivity (Wildman–Crippen MR) is 76.1 cm³/mol. The second kappa shape index (κ2) is 5.51. The highest BCUT2D eigenvalue weighted by Gasteiger charge is 2.23. The second-order valence-electron chi connectivity index (χ2n) is 4.62. The minimum atomic E-state index is -0.211. The highest BCUT2D eigenvalue weighted by molar-refractivity contribution is 6.33. The highest BCUT2D eigenvalue weighted by atomic mass is 35.5. The van der Waals surface area contributed by atoms with Crippen LogP contribution in [-0.2, 0) is 6.42 Å². The van der Waals surface area contributed by atoms with Crippen molar-refractivity contribution in [2.75, 3.05) is 6.54 Å². The molecule has 5 heteroatoms. The molecular weight excluding hydrogens is 276 g/mol. The Morgan fingerprint density at radius 2 is 2.25 bits per heavy atom. The molecule has 0 bridgehead atoms. The average molecular weight is 289 g/mol. The summed E-state index contributed by atoms with van der Waals surface area (Å²) in [4.78, 5) is 15.9. The minimum absolute atomic E-state index is 0.0306. The van der Waals surface area contributed by atoms with Gasteiger partial charge in [0.1, 0.15) is 11.9 Å². The van der Waals surface area contributed by atoms with Gasteiger partial charge in [0.25, 0.3) is 5.91 Å². The van der Waals surface area contributed by atoms with Gasteiger partial charge in [0.05, 0.1) is 17.1 Å². The van der Waals surface area contributed by atoms with Crippen LogP contribution >= 0.6 is 11.6 Å². The fourth-order valence-corrected chi connectivity index (χ4v) is 2.43. The Morgan fingerprint density at radius 3 is 3.05 bits per heavy atom. The number of aromatic nitrogens is 1. The monoisotopic (exact) mass is 288 g/mol. The number of benzene rings is 1. The van der Waals surface area contributed by atoms with Crippen LogP contribution in [0.4, 0.5) is 0 Å². The molecule has 1 amide bonds. The van der Waals surface area contributed by atoms with Crippen LogP contribution in [0.2, 0.25) is 5.02 Å². The Morgan fingerprint density at radius 1 is 1.40 bits per heavy atom. The van der Waals surface area contributed by atoms with E-state index in [9.17, 15) is 4.79 Å². The summed E-state index contributed by atoms with van der Waals surface area (Å²) >= 11 is 5.93. The number of carbonyl (C=O) groups excluding carboxylic acids is 1. The molecule has 2 heterocycles. The number of amides is 1. The zero-order chi connectivity index (χ0) is 13.9. The molecule has 1 N–H and O–H groups in total. The normalized spacial score (nSPS) is 16.4. The molecule has 0 saturated carbocycles. The van der Waals surface area contributed by atoms with Crippen LogP contribution < -0.4 is 10.1 Å². The largest absolute Gasteiger partial charge is 0.488 e. The number of hydrogen-bond donors (Lipinski definition) is 1. The number of nitrogens with one attached hydrogen (secondary N) is 1. The maximum absolute atomic E-state index is 12.0. The molecule has 1 aliphatic rings. The van der Waals surface area contributed by atoms with Crippen molar-refractivity contribution in [1.82, 2.24) is 10.3 Å². The summed E-state index contributed by atoms with van der Waals surface area (Å²) < 4.78 is 5.76. The summed E-state index contributed by atoms with van der Waals surface area (Å²) in [6.07, 6.45) is 3.78. The predicted octanol–water partition coefficient (Wildman–Crippen LogP) is 2.47. The lowest BCUT2D eigenvalue weighted by Gasteiger charge is -2.12. The molecular formula is C15H13ClN2O2. The van der Waals surface area contributed by atoms with Crippen molar-refractivity contribution < 1.29 is 9.53 Å². The number of para-hydroxylation sites is 1. The Hall–Kier alpha value is -2.07. The van der Waals surface area contributed by atoms with Gasteiger partial charge in [-0.3, -0.25) is 9.78 Å². The van der Waals surface area contributed by atoms with E-state index >= 15 is 0 Å². The van der Waals surface area contributed by atoms with Crippen molar-refractivity contribution in [1.29, 1.82) is 0 Å². The third kappa shape index (κ3) is 2.60. The first-order chi connectivity index (χ1) is 9.74. The van der Waals surface area contributed by atoms with E-state index in [0.717, 1.165) is 12.2 Å². The van der Waals surface area contributed by atoms with Gasteiger partial charge >= 0.3 is 0 Å². The van der Waals surface area contributed by atoms with Gasteiger partial charge in [-0.25, -0.2) is 0 Å². The van der Waals surface area contributed by atoms with E-state index in [1.54, 1.807) is 12.3 Å². The summed E-state index contributed by atoms with van der Waals surface area (Å²) in [6.45, 7) is 0.451. The topological polar surface area (TPSA) is 51.2 Å². The molecule has 1 aliphatic heterocycles. The van der Waals surface area contributed by atoms with Crippen molar-refractivity contribution in [3.8, 4) is 5.75 Å². The molecule has 0 saturated heterocycles. The van der Waals surface area contributed by atoms with Gasteiger partial charge in [0, 0.05) is 18.8 Å². The van der Waals surface area contributed by atoms with Crippen LogP contribution in [0.5, 0.6) is 5.75 Å². The standard InChI is InChI=1S/C15H13ClN2O2/c16-13-9-17-6-5-12(13)15(19)18-8-11-7-10-3-1-2-4-14(10)20-11/h1-6,9,11H,7-8H2,(H,18,19). The van der Waals surface area contributed by atoms with Crippen LogP contribution in [0.15, 0.2) is 42.7 Å². The van der Waals surface area contributed by atoms with Gasteiger partial charge in [-0.2, -0.15) is 0 Å². The zero-order valence-electron chi connectivity index (χ0n) is 10.7. The molecule has 1 aromatic heterocycles. The molecule has 20 heavy (non-hydrogen) atoms. The lowest BCUT2D eigenvalue weighted by molar-refractivity contribution is 0.0933. The van der Waals surface area contributed by atoms with Gasteiger partial charge in [0.15, 0.2) is 0 Å². The van der Waals surface area contributed by atoms with E-state index in [4.69, 9.17) is 16.3 Å². The average Bonchev–Trinajstić information content (AvgIpc) is 2.88. The van der Waals surface area contributed by atoms with E-state index in [-0.39, 0.29) is 12.0 Å². The Bertz CT molecular complexity index is 620. The summed E-state index contributed by atoms with van der Waals surface area (Å²) in [7, 11) is 0. The maximum atomic E-state index is 12.0. The Kier molecular flexibility index (Phi) is 3.56. The number of nitrogens with zero attached hydrogens (tertiary/aromatic N) is 1. The Balaban J connectivity index is 1.59. The van der Waals surface area contributed by atoms with E-state index < -0.39 is 0 Å². The molecule has 102 valence electrons. The third-order valence-corrected chi connectivity index (χ3v) is 3.52. The highest BCUT2D eigenvalue weighted by Crippen LogP contribution is 2.27. The van der Waals surface area contributed by atoms with Crippen LogP contribution in [0.3, 0.4) is 0 Å².